The lowest BCUT2D eigenvalue weighted by Gasteiger charge is -2.07. The number of nitrogens with zero attached hydrogens (tertiary/aromatic N) is 2. The van der Waals surface area contributed by atoms with Gasteiger partial charge in [-0.05, 0) is 34.6 Å². The molecule has 0 saturated carbocycles. The van der Waals surface area contributed by atoms with E-state index in [4.69, 9.17) is 4.74 Å². The van der Waals surface area contributed by atoms with Crippen molar-refractivity contribution < 1.29 is 9.84 Å². The molecular weight excluding hydrogens is 192 g/mol. The second-order valence-electron chi connectivity index (χ2n) is 4.21. The van der Waals surface area contributed by atoms with E-state index in [1.165, 1.54) is 0 Å². The molecule has 0 aromatic carbocycles. The van der Waals surface area contributed by atoms with E-state index < -0.39 is 6.10 Å². The minimum absolute atomic E-state index is 0.123. The van der Waals surface area contributed by atoms with Gasteiger partial charge in [0, 0.05) is 11.3 Å². The third-order valence-electron chi connectivity index (χ3n) is 2.25. The maximum absolute atomic E-state index is 9.31. The van der Waals surface area contributed by atoms with Gasteiger partial charge in [-0.1, -0.05) is 0 Å². The highest BCUT2D eigenvalue weighted by molar-refractivity contribution is 5.29. The monoisotopic (exact) mass is 212 g/mol. The highest BCUT2D eigenvalue weighted by atomic mass is 16.5. The number of rotatable bonds is 4. The molecule has 0 radical (unpaired) electrons. The van der Waals surface area contributed by atoms with Crippen LogP contribution in [0.3, 0.4) is 0 Å². The Hall–Kier alpha value is -1.03. The van der Waals surface area contributed by atoms with E-state index in [0.717, 1.165) is 11.3 Å². The van der Waals surface area contributed by atoms with Crippen LogP contribution in [0.25, 0.3) is 0 Å². The van der Waals surface area contributed by atoms with E-state index >= 15 is 0 Å². The average molecular weight is 212 g/mol. The zero-order chi connectivity index (χ0) is 11.6. The summed E-state index contributed by atoms with van der Waals surface area (Å²) < 4.78 is 7.36. The van der Waals surface area contributed by atoms with E-state index in [2.05, 4.69) is 5.10 Å². The number of hydrogen-bond donors (Lipinski definition) is 1. The van der Waals surface area contributed by atoms with Gasteiger partial charge in [0.15, 0.2) is 0 Å². The number of aliphatic hydroxyl groups excluding tert-OH is 1. The van der Waals surface area contributed by atoms with E-state index in [0.29, 0.717) is 12.4 Å². The molecule has 15 heavy (non-hydrogen) atoms. The standard InChI is InChI=1S/C11H20N2O2/c1-7(2)15-11-9(4)10(5)13(12-11)6-8(3)14/h7-8,14H,6H2,1-5H3/t8-/m0/s1. The fourth-order valence-corrected chi connectivity index (χ4v) is 1.37. The Labute approximate surface area is 90.9 Å². The summed E-state index contributed by atoms with van der Waals surface area (Å²) in [4.78, 5) is 0. The summed E-state index contributed by atoms with van der Waals surface area (Å²) in [5.74, 6) is 0.670. The van der Waals surface area contributed by atoms with Crippen LogP contribution in [-0.2, 0) is 6.54 Å². The van der Waals surface area contributed by atoms with Gasteiger partial charge in [-0.25, -0.2) is 0 Å². The van der Waals surface area contributed by atoms with Gasteiger partial charge in [-0.3, -0.25) is 4.68 Å². The fourth-order valence-electron chi connectivity index (χ4n) is 1.37. The van der Waals surface area contributed by atoms with Gasteiger partial charge in [0.25, 0.3) is 0 Å². The van der Waals surface area contributed by atoms with Crippen LogP contribution in [0.15, 0.2) is 0 Å². The van der Waals surface area contributed by atoms with Crippen LogP contribution in [0.1, 0.15) is 32.0 Å². The molecule has 0 aliphatic carbocycles. The molecule has 0 amide bonds. The molecule has 0 fully saturated rings. The maximum Gasteiger partial charge on any atom is 0.236 e. The van der Waals surface area contributed by atoms with E-state index in [9.17, 15) is 5.11 Å². The van der Waals surface area contributed by atoms with Crippen LogP contribution in [0, 0.1) is 13.8 Å². The molecule has 1 N–H and O–H groups in total. The highest BCUT2D eigenvalue weighted by Crippen LogP contribution is 2.20. The zero-order valence-electron chi connectivity index (χ0n) is 10.1. The van der Waals surface area contributed by atoms with Crippen LogP contribution in [0.5, 0.6) is 5.88 Å². The normalized spacial score (nSPS) is 13.3. The quantitative estimate of drug-likeness (QED) is 0.825. The van der Waals surface area contributed by atoms with Gasteiger partial charge in [0.1, 0.15) is 0 Å². The Balaban J connectivity index is 2.91. The predicted molar refractivity (Wildman–Crippen MR) is 59.1 cm³/mol. The molecule has 4 nitrogen and oxygen atoms in total. The molecule has 1 rings (SSSR count). The summed E-state index contributed by atoms with van der Waals surface area (Å²) in [7, 11) is 0. The Morgan fingerprint density at radius 1 is 1.33 bits per heavy atom. The molecule has 0 spiro atoms. The summed E-state index contributed by atoms with van der Waals surface area (Å²) in [6, 6.07) is 0. The number of aliphatic hydroxyl groups is 1. The molecule has 0 saturated heterocycles. The van der Waals surface area contributed by atoms with Crippen LogP contribution in [-0.4, -0.2) is 27.1 Å². The lowest BCUT2D eigenvalue weighted by atomic mass is 10.3. The smallest absolute Gasteiger partial charge is 0.236 e. The molecule has 0 bridgehead atoms. The Kier molecular flexibility index (Phi) is 3.74. The van der Waals surface area contributed by atoms with Gasteiger partial charge in [0.2, 0.25) is 5.88 Å². The SMILES string of the molecule is Cc1c(OC(C)C)nn(C[C@H](C)O)c1C. The van der Waals surface area contributed by atoms with Gasteiger partial charge in [0.05, 0.1) is 18.8 Å². The average Bonchev–Trinajstić information content (AvgIpc) is 2.32. The molecule has 0 aliphatic rings. The maximum atomic E-state index is 9.31. The Morgan fingerprint density at radius 2 is 1.93 bits per heavy atom. The Morgan fingerprint density at radius 3 is 2.40 bits per heavy atom. The molecular formula is C11H20N2O2. The second kappa shape index (κ2) is 4.66. The number of ether oxygens (including phenoxy) is 1. The number of aromatic nitrogens is 2. The first kappa shape index (κ1) is 12.0. The van der Waals surface area contributed by atoms with Crippen molar-refractivity contribution in [2.45, 2.75) is 53.4 Å². The molecule has 0 aliphatic heterocycles. The topological polar surface area (TPSA) is 47.3 Å². The first-order chi connectivity index (χ1) is 6.91. The molecule has 4 heteroatoms. The van der Waals surface area contributed by atoms with Crippen LogP contribution >= 0.6 is 0 Å². The van der Waals surface area contributed by atoms with Crippen molar-refractivity contribution in [1.82, 2.24) is 9.78 Å². The number of hydrogen-bond acceptors (Lipinski definition) is 3. The van der Waals surface area contributed by atoms with Crippen LogP contribution < -0.4 is 4.74 Å². The summed E-state index contributed by atoms with van der Waals surface area (Å²) in [6.07, 6.45) is -0.270. The van der Waals surface area contributed by atoms with Crippen molar-refractivity contribution in [3.63, 3.8) is 0 Å². The molecule has 1 aromatic rings. The second-order valence-corrected chi connectivity index (χ2v) is 4.21. The van der Waals surface area contributed by atoms with Crippen molar-refractivity contribution in [1.29, 1.82) is 0 Å². The van der Waals surface area contributed by atoms with Gasteiger partial charge < -0.3 is 9.84 Å². The molecule has 1 atom stereocenters. The molecule has 86 valence electrons. The minimum atomic E-state index is -0.394. The summed E-state index contributed by atoms with van der Waals surface area (Å²) in [5, 5.41) is 13.6. The van der Waals surface area contributed by atoms with E-state index in [-0.39, 0.29) is 6.10 Å². The molecule has 1 aromatic heterocycles. The van der Waals surface area contributed by atoms with Crippen molar-refractivity contribution >= 4 is 0 Å². The Bertz CT molecular complexity index is 299. The highest BCUT2D eigenvalue weighted by Gasteiger charge is 2.13. The van der Waals surface area contributed by atoms with Crippen molar-refractivity contribution in [3.05, 3.63) is 11.3 Å². The largest absolute Gasteiger partial charge is 0.474 e. The predicted octanol–water partition coefficient (Wildman–Crippen LogP) is 1.67. The lowest BCUT2D eigenvalue weighted by molar-refractivity contribution is 0.165. The zero-order valence-corrected chi connectivity index (χ0v) is 10.1. The minimum Gasteiger partial charge on any atom is -0.474 e. The van der Waals surface area contributed by atoms with Crippen molar-refractivity contribution in [2.75, 3.05) is 0 Å². The van der Waals surface area contributed by atoms with Crippen LogP contribution in [0.2, 0.25) is 0 Å². The van der Waals surface area contributed by atoms with Crippen molar-refractivity contribution in [3.8, 4) is 5.88 Å². The summed E-state index contributed by atoms with van der Waals surface area (Å²) in [6.45, 7) is 10.2. The van der Waals surface area contributed by atoms with Crippen LogP contribution in [0.4, 0.5) is 0 Å². The third kappa shape index (κ3) is 2.96. The van der Waals surface area contributed by atoms with E-state index in [1.54, 1.807) is 11.6 Å². The molecule has 1 heterocycles. The fraction of sp³-hybridized carbons (Fsp3) is 0.727. The van der Waals surface area contributed by atoms with Gasteiger partial charge in [-0.2, -0.15) is 0 Å². The van der Waals surface area contributed by atoms with Gasteiger partial charge in [-0.15, -0.1) is 5.10 Å². The van der Waals surface area contributed by atoms with Gasteiger partial charge >= 0.3 is 0 Å². The first-order valence-corrected chi connectivity index (χ1v) is 5.30. The first-order valence-electron chi connectivity index (χ1n) is 5.30. The van der Waals surface area contributed by atoms with Crippen molar-refractivity contribution in [2.24, 2.45) is 0 Å². The summed E-state index contributed by atoms with van der Waals surface area (Å²) in [5.41, 5.74) is 2.09. The summed E-state index contributed by atoms with van der Waals surface area (Å²) >= 11 is 0. The van der Waals surface area contributed by atoms with E-state index in [1.807, 2.05) is 27.7 Å². The molecule has 0 unspecified atom stereocenters. The third-order valence-corrected chi connectivity index (χ3v) is 2.25. The lowest BCUT2D eigenvalue weighted by Crippen LogP contribution is -2.14.